The fraction of sp³-hybridized carbons (Fsp3) is 0.733. The number of hydrogen-bond donors (Lipinski definition) is 0. The van der Waals surface area contributed by atoms with Crippen molar-refractivity contribution in [2.45, 2.75) is 32.8 Å². The third-order valence-corrected chi connectivity index (χ3v) is 3.65. The van der Waals surface area contributed by atoms with E-state index in [9.17, 15) is 4.79 Å². The van der Waals surface area contributed by atoms with Crippen molar-refractivity contribution < 1.29 is 13.9 Å². The Morgan fingerprint density at radius 3 is 2.62 bits per heavy atom. The maximum absolute atomic E-state index is 12.7. The van der Waals surface area contributed by atoms with E-state index in [-0.39, 0.29) is 12.0 Å². The molecule has 1 aromatic rings. The molecule has 6 heteroatoms. The number of ether oxygens (including phenoxy) is 1. The molecule has 0 unspecified atom stereocenters. The van der Waals surface area contributed by atoms with Gasteiger partial charge in [-0.2, -0.15) is 0 Å². The number of aryl methyl sites for hydroxylation is 2. The smallest absolute Gasteiger partial charge is 0.291 e. The fourth-order valence-electron chi connectivity index (χ4n) is 2.50. The van der Waals surface area contributed by atoms with E-state index in [0.29, 0.717) is 30.4 Å². The second kappa shape index (κ2) is 7.04. The van der Waals surface area contributed by atoms with Crippen LogP contribution in [0.15, 0.2) is 4.42 Å². The molecule has 0 N–H and O–H groups in total. The van der Waals surface area contributed by atoms with Crippen LogP contribution in [0.25, 0.3) is 0 Å². The molecule has 1 aliphatic heterocycles. The second-order valence-electron chi connectivity index (χ2n) is 5.84. The van der Waals surface area contributed by atoms with Gasteiger partial charge >= 0.3 is 0 Å². The minimum atomic E-state index is -0.0922. The number of aromatic nitrogens is 1. The van der Waals surface area contributed by atoms with Crippen molar-refractivity contribution in [3.8, 4) is 0 Å². The van der Waals surface area contributed by atoms with E-state index in [1.807, 2.05) is 19.0 Å². The Kier molecular flexibility index (Phi) is 5.36. The van der Waals surface area contributed by atoms with Gasteiger partial charge < -0.3 is 19.0 Å². The summed E-state index contributed by atoms with van der Waals surface area (Å²) in [6, 6.07) is 0. The topological polar surface area (TPSA) is 58.8 Å². The lowest BCUT2D eigenvalue weighted by atomic mass is 10.2. The Morgan fingerprint density at radius 2 is 2.10 bits per heavy atom. The van der Waals surface area contributed by atoms with E-state index in [1.54, 1.807) is 13.8 Å². The number of amides is 1. The van der Waals surface area contributed by atoms with Crippen LogP contribution < -0.4 is 0 Å². The van der Waals surface area contributed by atoms with Gasteiger partial charge in [-0.1, -0.05) is 0 Å². The van der Waals surface area contributed by atoms with E-state index in [1.165, 1.54) is 0 Å². The lowest BCUT2D eigenvalue weighted by Gasteiger charge is -2.26. The van der Waals surface area contributed by atoms with Crippen LogP contribution in [0.2, 0.25) is 0 Å². The van der Waals surface area contributed by atoms with E-state index in [2.05, 4.69) is 9.88 Å². The molecule has 1 fully saturated rings. The summed E-state index contributed by atoms with van der Waals surface area (Å²) in [4.78, 5) is 20.8. The predicted molar refractivity (Wildman–Crippen MR) is 79.4 cm³/mol. The van der Waals surface area contributed by atoms with Gasteiger partial charge in [-0.3, -0.25) is 4.79 Å². The van der Waals surface area contributed by atoms with E-state index >= 15 is 0 Å². The van der Waals surface area contributed by atoms with Gasteiger partial charge in [0.15, 0.2) is 5.89 Å². The Balaban J connectivity index is 2.08. The summed E-state index contributed by atoms with van der Waals surface area (Å²) >= 11 is 0. The molecule has 0 aliphatic carbocycles. The highest BCUT2D eigenvalue weighted by atomic mass is 16.5. The highest BCUT2D eigenvalue weighted by Gasteiger charge is 2.26. The average molecular weight is 295 g/mol. The number of nitrogens with zero attached hydrogens (tertiary/aromatic N) is 3. The molecule has 0 radical (unpaired) electrons. The largest absolute Gasteiger partial charge is 0.436 e. The summed E-state index contributed by atoms with van der Waals surface area (Å²) in [5.74, 6) is 0.787. The van der Waals surface area contributed by atoms with Gasteiger partial charge in [0.05, 0.1) is 11.8 Å². The highest BCUT2D eigenvalue weighted by Crippen LogP contribution is 2.17. The first kappa shape index (κ1) is 16.0. The third-order valence-electron chi connectivity index (χ3n) is 3.65. The summed E-state index contributed by atoms with van der Waals surface area (Å²) in [6.45, 7) is 6.44. The Morgan fingerprint density at radius 1 is 1.33 bits per heavy atom. The lowest BCUT2D eigenvalue weighted by Crippen LogP contribution is -2.41. The zero-order valence-electron chi connectivity index (χ0n) is 13.4. The van der Waals surface area contributed by atoms with Crippen molar-refractivity contribution in [1.82, 2.24) is 14.8 Å². The van der Waals surface area contributed by atoms with Crippen LogP contribution in [-0.2, 0) is 4.74 Å². The average Bonchev–Trinajstić information content (AvgIpc) is 3.03. The van der Waals surface area contributed by atoms with Crippen molar-refractivity contribution in [1.29, 1.82) is 0 Å². The van der Waals surface area contributed by atoms with Crippen LogP contribution in [0.4, 0.5) is 0 Å². The molecule has 118 valence electrons. The van der Waals surface area contributed by atoms with Crippen LogP contribution in [0.3, 0.4) is 0 Å². The summed E-state index contributed by atoms with van der Waals surface area (Å²) in [5, 5.41) is 0. The standard InChI is InChI=1S/C15H25N3O3/c1-11-14(21-12(2)16-11)15(19)18(8-7-17(3)4)10-13-6-5-9-20-13/h13H,5-10H2,1-4H3/t13-/m0/s1. The molecule has 21 heavy (non-hydrogen) atoms. The number of carbonyl (C=O) groups excluding carboxylic acids is 1. The van der Waals surface area contributed by atoms with Gasteiger partial charge in [0.2, 0.25) is 5.76 Å². The summed E-state index contributed by atoms with van der Waals surface area (Å²) in [5.41, 5.74) is 0.652. The molecule has 0 saturated carbocycles. The summed E-state index contributed by atoms with van der Waals surface area (Å²) in [7, 11) is 4.00. The molecule has 1 aromatic heterocycles. The van der Waals surface area contributed by atoms with Crippen LogP contribution in [-0.4, -0.2) is 67.1 Å². The monoisotopic (exact) mass is 295 g/mol. The SMILES string of the molecule is Cc1nc(C)c(C(=O)N(CCN(C)C)C[C@@H]2CCCO2)o1. The normalized spacial score (nSPS) is 18.4. The zero-order valence-corrected chi connectivity index (χ0v) is 13.4. The van der Waals surface area contributed by atoms with Crippen molar-refractivity contribution in [3.63, 3.8) is 0 Å². The van der Waals surface area contributed by atoms with E-state index in [4.69, 9.17) is 9.15 Å². The number of oxazole rings is 1. The molecule has 0 bridgehead atoms. The van der Waals surface area contributed by atoms with E-state index < -0.39 is 0 Å². The van der Waals surface area contributed by atoms with Gasteiger partial charge in [-0.25, -0.2) is 4.98 Å². The molecule has 1 saturated heterocycles. The number of rotatable bonds is 6. The number of likely N-dealkylation sites (N-methyl/N-ethyl adjacent to an activating group) is 1. The highest BCUT2D eigenvalue weighted by molar-refractivity contribution is 5.92. The predicted octanol–water partition coefficient (Wildman–Crippen LogP) is 1.47. The molecule has 1 aliphatic rings. The van der Waals surface area contributed by atoms with Gasteiger partial charge in [-0.05, 0) is 33.9 Å². The molecule has 2 rings (SSSR count). The Labute approximate surface area is 126 Å². The van der Waals surface area contributed by atoms with Crippen LogP contribution >= 0.6 is 0 Å². The van der Waals surface area contributed by atoms with Gasteiger partial charge in [0, 0.05) is 33.2 Å². The quantitative estimate of drug-likeness (QED) is 0.795. The second-order valence-corrected chi connectivity index (χ2v) is 5.84. The summed E-state index contributed by atoms with van der Waals surface area (Å²) < 4.78 is 11.1. The minimum Gasteiger partial charge on any atom is -0.436 e. The molecule has 6 nitrogen and oxygen atoms in total. The van der Waals surface area contributed by atoms with Crippen LogP contribution in [0.1, 0.15) is 35.0 Å². The molecule has 0 aromatic carbocycles. The third kappa shape index (κ3) is 4.28. The van der Waals surface area contributed by atoms with Crippen molar-refractivity contribution >= 4 is 5.91 Å². The van der Waals surface area contributed by atoms with E-state index in [0.717, 1.165) is 26.0 Å². The molecular weight excluding hydrogens is 270 g/mol. The Bertz CT molecular complexity index is 479. The lowest BCUT2D eigenvalue weighted by molar-refractivity contribution is 0.0487. The van der Waals surface area contributed by atoms with Crippen molar-refractivity contribution in [2.24, 2.45) is 0 Å². The zero-order chi connectivity index (χ0) is 15.4. The maximum atomic E-state index is 12.7. The number of carbonyl (C=O) groups is 1. The first-order valence-electron chi connectivity index (χ1n) is 7.47. The number of hydrogen-bond acceptors (Lipinski definition) is 5. The van der Waals surface area contributed by atoms with Crippen molar-refractivity contribution in [3.05, 3.63) is 17.3 Å². The van der Waals surface area contributed by atoms with Crippen LogP contribution in [0.5, 0.6) is 0 Å². The fourth-order valence-corrected chi connectivity index (χ4v) is 2.50. The summed E-state index contributed by atoms with van der Waals surface area (Å²) in [6.07, 6.45) is 2.22. The van der Waals surface area contributed by atoms with Gasteiger partial charge in [0.1, 0.15) is 0 Å². The molecule has 1 amide bonds. The molecular formula is C15H25N3O3. The van der Waals surface area contributed by atoms with Crippen LogP contribution in [0, 0.1) is 13.8 Å². The van der Waals surface area contributed by atoms with Gasteiger partial charge in [-0.15, -0.1) is 0 Å². The first-order valence-corrected chi connectivity index (χ1v) is 7.47. The van der Waals surface area contributed by atoms with Crippen molar-refractivity contribution in [2.75, 3.05) is 40.3 Å². The Hall–Kier alpha value is -1.40. The maximum Gasteiger partial charge on any atom is 0.291 e. The molecule has 0 spiro atoms. The molecule has 2 heterocycles. The molecule has 1 atom stereocenters. The van der Waals surface area contributed by atoms with Gasteiger partial charge in [0.25, 0.3) is 5.91 Å². The minimum absolute atomic E-state index is 0.0922. The first-order chi connectivity index (χ1) is 9.97.